The van der Waals surface area contributed by atoms with Crippen molar-refractivity contribution in [3.05, 3.63) is 259 Å². The molecule has 0 N–H and O–H groups in total. The second-order valence-corrected chi connectivity index (χ2v) is 14.5. The van der Waals surface area contributed by atoms with Gasteiger partial charge in [0.05, 0.1) is 11.1 Å². The fraction of sp³-hybridized carbons (Fsp3) is 0.0182. The Hall–Kier alpha value is -7.22. The van der Waals surface area contributed by atoms with Crippen molar-refractivity contribution in [2.45, 2.75) is 5.41 Å². The predicted octanol–water partition coefficient (Wildman–Crippen LogP) is 14.5. The number of benzene rings is 9. The molecule has 0 aromatic heterocycles. The number of hydrogen-bond acceptors (Lipinski definition) is 1. The second-order valence-electron chi connectivity index (χ2n) is 14.5. The molecule has 1 heteroatoms. The molecule has 0 radical (unpaired) electrons. The third-order valence-electron chi connectivity index (χ3n) is 11.4. The zero-order valence-corrected chi connectivity index (χ0v) is 31.0. The van der Waals surface area contributed by atoms with Gasteiger partial charge in [0.15, 0.2) is 0 Å². The number of rotatable bonds is 8. The topological polar surface area (TPSA) is 3.24 Å². The summed E-state index contributed by atoms with van der Waals surface area (Å²) in [5, 5.41) is 0. The molecule has 0 aliphatic heterocycles. The van der Waals surface area contributed by atoms with E-state index in [1.807, 2.05) is 0 Å². The highest BCUT2D eigenvalue weighted by Gasteiger charge is 2.48. The first-order valence-electron chi connectivity index (χ1n) is 19.3. The molecule has 1 aliphatic carbocycles. The van der Waals surface area contributed by atoms with Crippen LogP contribution in [0.4, 0.5) is 17.1 Å². The van der Waals surface area contributed by atoms with Crippen LogP contribution in [0.25, 0.3) is 44.5 Å². The molecule has 1 unspecified atom stereocenters. The standard InChI is InChI=1S/C55H39N/c1-5-16-40(17-6-1)43-28-34-47(35-29-43)55(46-22-11-4-12-23-46)52-26-14-13-24-50(52)51-25-15-27-53(54(51)55)56(48-36-30-44(31-37-48)41-18-7-2-8-19-41)49-38-32-45(33-39-49)42-20-9-3-10-21-42/h1-39H. The molecular formula is C55H39N. The Morgan fingerprint density at radius 3 is 1.14 bits per heavy atom. The van der Waals surface area contributed by atoms with Gasteiger partial charge in [-0.15, -0.1) is 0 Å². The Morgan fingerprint density at radius 2 is 0.643 bits per heavy atom. The maximum absolute atomic E-state index is 2.46. The first kappa shape index (κ1) is 33.4. The summed E-state index contributed by atoms with van der Waals surface area (Å²) in [6.07, 6.45) is 0. The van der Waals surface area contributed by atoms with Crippen LogP contribution in [-0.2, 0) is 5.41 Å². The van der Waals surface area contributed by atoms with Crippen LogP contribution in [0.1, 0.15) is 22.3 Å². The summed E-state index contributed by atoms with van der Waals surface area (Å²) < 4.78 is 0. The van der Waals surface area contributed by atoms with Crippen molar-refractivity contribution in [1.82, 2.24) is 0 Å². The molecule has 1 aliphatic rings. The zero-order valence-electron chi connectivity index (χ0n) is 31.0. The van der Waals surface area contributed by atoms with Gasteiger partial charge in [-0.1, -0.05) is 206 Å². The Labute approximate surface area is 329 Å². The summed E-state index contributed by atoms with van der Waals surface area (Å²) >= 11 is 0. The van der Waals surface area contributed by atoms with Crippen LogP contribution in [0.2, 0.25) is 0 Å². The molecule has 9 aromatic carbocycles. The highest BCUT2D eigenvalue weighted by Crippen LogP contribution is 2.60. The first-order valence-corrected chi connectivity index (χ1v) is 19.3. The lowest BCUT2D eigenvalue weighted by atomic mass is 9.67. The van der Waals surface area contributed by atoms with E-state index in [4.69, 9.17) is 0 Å². The van der Waals surface area contributed by atoms with E-state index in [0.717, 1.165) is 17.1 Å². The van der Waals surface area contributed by atoms with Crippen LogP contribution in [-0.4, -0.2) is 0 Å². The lowest BCUT2D eigenvalue weighted by Gasteiger charge is -2.38. The van der Waals surface area contributed by atoms with Crippen LogP contribution in [0.5, 0.6) is 0 Å². The van der Waals surface area contributed by atoms with E-state index >= 15 is 0 Å². The van der Waals surface area contributed by atoms with Gasteiger partial charge in [0.1, 0.15) is 0 Å². The van der Waals surface area contributed by atoms with E-state index in [0.29, 0.717) is 0 Å². The van der Waals surface area contributed by atoms with E-state index in [9.17, 15) is 0 Å². The minimum absolute atomic E-state index is 0.592. The molecular weight excluding hydrogens is 675 g/mol. The van der Waals surface area contributed by atoms with Gasteiger partial charge in [0.2, 0.25) is 0 Å². The van der Waals surface area contributed by atoms with Gasteiger partial charge in [-0.3, -0.25) is 0 Å². The largest absolute Gasteiger partial charge is 0.310 e. The highest BCUT2D eigenvalue weighted by molar-refractivity contribution is 5.94. The minimum atomic E-state index is -0.592. The lowest BCUT2D eigenvalue weighted by molar-refractivity contribution is 0.768. The molecule has 1 atom stereocenters. The van der Waals surface area contributed by atoms with E-state index in [1.165, 1.54) is 66.8 Å². The van der Waals surface area contributed by atoms with Gasteiger partial charge >= 0.3 is 0 Å². The maximum atomic E-state index is 2.46. The van der Waals surface area contributed by atoms with E-state index in [1.54, 1.807) is 0 Å². The van der Waals surface area contributed by atoms with E-state index in [-0.39, 0.29) is 0 Å². The van der Waals surface area contributed by atoms with Crippen LogP contribution in [0.3, 0.4) is 0 Å². The third kappa shape index (κ3) is 5.65. The minimum Gasteiger partial charge on any atom is -0.310 e. The van der Waals surface area contributed by atoms with Crippen molar-refractivity contribution in [2.75, 3.05) is 4.90 Å². The van der Waals surface area contributed by atoms with E-state index in [2.05, 4.69) is 241 Å². The van der Waals surface area contributed by atoms with E-state index < -0.39 is 5.41 Å². The van der Waals surface area contributed by atoms with Gasteiger partial charge < -0.3 is 4.90 Å². The van der Waals surface area contributed by atoms with Crippen molar-refractivity contribution in [3.8, 4) is 44.5 Å². The predicted molar refractivity (Wildman–Crippen MR) is 235 cm³/mol. The van der Waals surface area contributed by atoms with Crippen LogP contribution >= 0.6 is 0 Å². The monoisotopic (exact) mass is 713 g/mol. The number of fused-ring (bicyclic) bond motifs is 3. The fourth-order valence-corrected chi connectivity index (χ4v) is 8.82. The summed E-state index contributed by atoms with van der Waals surface area (Å²) in [6.45, 7) is 0. The molecule has 0 spiro atoms. The van der Waals surface area contributed by atoms with Crippen LogP contribution < -0.4 is 4.90 Å². The molecule has 1 nitrogen and oxygen atoms in total. The summed E-state index contributed by atoms with van der Waals surface area (Å²) in [5.41, 5.74) is 17.5. The number of anilines is 3. The van der Waals surface area contributed by atoms with Crippen LogP contribution in [0, 0.1) is 0 Å². The van der Waals surface area contributed by atoms with Crippen molar-refractivity contribution < 1.29 is 0 Å². The van der Waals surface area contributed by atoms with Gasteiger partial charge in [-0.25, -0.2) is 0 Å². The molecule has 0 saturated heterocycles. The average molecular weight is 714 g/mol. The first-order chi connectivity index (χ1) is 27.8. The molecule has 0 heterocycles. The Morgan fingerprint density at radius 1 is 0.268 bits per heavy atom. The quantitative estimate of drug-likeness (QED) is 0.152. The Kier molecular flexibility index (Phi) is 8.46. The van der Waals surface area contributed by atoms with Crippen molar-refractivity contribution >= 4 is 17.1 Å². The zero-order chi connectivity index (χ0) is 37.3. The van der Waals surface area contributed by atoms with Gasteiger partial charge in [0.25, 0.3) is 0 Å². The SMILES string of the molecule is c1ccc(-c2ccc(N(c3ccc(-c4ccccc4)cc3)c3cccc4c3C(c3ccccc3)(c3ccc(-c5ccccc5)cc3)c3ccccc3-4)cc2)cc1. The molecule has 10 rings (SSSR count). The lowest BCUT2D eigenvalue weighted by Crippen LogP contribution is -2.30. The smallest absolute Gasteiger partial charge is 0.0734 e. The summed E-state index contributed by atoms with van der Waals surface area (Å²) in [4.78, 5) is 2.46. The number of hydrogen-bond donors (Lipinski definition) is 0. The Balaban J connectivity index is 1.23. The Bertz CT molecular complexity index is 2660. The van der Waals surface area contributed by atoms with Crippen molar-refractivity contribution in [2.24, 2.45) is 0 Å². The van der Waals surface area contributed by atoms with Crippen molar-refractivity contribution in [1.29, 1.82) is 0 Å². The summed E-state index contributed by atoms with van der Waals surface area (Å²) in [7, 11) is 0. The second kappa shape index (κ2) is 14.2. The number of nitrogens with zero attached hydrogens (tertiary/aromatic N) is 1. The highest BCUT2D eigenvalue weighted by atomic mass is 15.1. The molecule has 0 bridgehead atoms. The maximum Gasteiger partial charge on any atom is 0.0734 e. The fourth-order valence-electron chi connectivity index (χ4n) is 8.82. The summed E-state index contributed by atoms with van der Waals surface area (Å²) in [5.74, 6) is 0. The summed E-state index contributed by atoms with van der Waals surface area (Å²) in [6, 6.07) is 86.3. The normalized spacial score (nSPS) is 14.1. The molecule has 9 aromatic rings. The molecule has 0 fully saturated rings. The van der Waals surface area contributed by atoms with Crippen LogP contribution in [0.15, 0.2) is 237 Å². The molecule has 0 saturated carbocycles. The van der Waals surface area contributed by atoms with Gasteiger partial charge in [-0.2, -0.15) is 0 Å². The average Bonchev–Trinajstić information content (AvgIpc) is 3.60. The third-order valence-corrected chi connectivity index (χ3v) is 11.4. The molecule has 0 amide bonds. The van der Waals surface area contributed by atoms with Gasteiger partial charge in [0, 0.05) is 16.9 Å². The molecule has 56 heavy (non-hydrogen) atoms. The molecule has 264 valence electrons. The van der Waals surface area contributed by atoms with Crippen molar-refractivity contribution in [3.63, 3.8) is 0 Å². The van der Waals surface area contributed by atoms with Gasteiger partial charge in [-0.05, 0) is 91.5 Å².